The molecule has 0 radical (unpaired) electrons. The van der Waals surface area contributed by atoms with Gasteiger partial charge in [-0.25, -0.2) is 8.42 Å². The lowest BCUT2D eigenvalue weighted by Gasteiger charge is -2.33. The molecule has 156 valence electrons. The molecule has 3 rings (SSSR count). The summed E-state index contributed by atoms with van der Waals surface area (Å²) in [5.74, 6) is -0.152. The first-order valence-electron chi connectivity index (χ1n) is 10.2. The van der Waals surface area contributed by atoms with Gasteiger partial charge < -0.3 is 10.2 Å². The largest absolute Gasteiger partial charge is 0.335 e. The van der Waals surface area contributed by atoms with Crippen molar-refractivity contribution >= 4 is 27.5 Å². The van der Waals surface area contributed by atoms with Crippen molar-refractivity contribution in [3.63, 3.8) is 0 Å². The van der Waals surface area contributed by atoms with E-state index in [1.165, 1.54) is 12.8 Å². The van der Waals surface area contributed by atoms with Gasteiger partial charge in [0.15, 0.2) is 0 Å². The van der Waals surface area contributed by atoms with Crippen LogP contribution >= 0.6 is 11.6 Å². The van der Waals surface area contributed by atoms with E-state index >= 15 is 0 Å². The maximum Gasteiger partial charge on any atom is 0.254 e. The highest BCUT2D eigenvalue weighted by molar-refractivity contribution is 7.89. The molecule has 1 heterocycles. The van der Waals surface area contributed by atoms with E-state index in [4.69, 9.17) is 11.6 Å². The number of rotatable bonds is 6. The highest BCUT2D eigenvalue weighted by Gasteiger charge is 2.29. The molecule has 0 spiro atoms. The van der Waals surface area contributed by atoms with Crippen molar-refractivity contribution in [3.05, 3.63) is 34.9 Å². The predicted molar refractivity (Wildman–Crippen MR) is 112 cm³/mol. The third-order valence-electron chi connectivity index (χ3n) is 5.66. The number of halogens is 1. The minimum absolute atomic E-state index is 0.0319. The summed E-state index contributed by atoms with van der Waals surface area (Å²) in [7, 11) is -3.38. The van der Waals surface area contributed by atoms with E-state index in [-0.39, 0.29) is 24.2 Å². The van der Waals surface area contributed by atoms with Crippen LogP contribution in [0, 0.1) is 0 Å². The minimum atomic E-state index is -3.38. The second-order valence-corrected chi connectivity index (χ2v) is 10.1. The van der Waals surface area contributed by atoms with Crippen molar-refractivity contribution in [1.82, 2.24) is 14.5 Å². The Morgan fingerprint density at radius 2 is 1.82 bits per heavy atom. The van der Waals surface area contributed by atoms with E-state index in [9.17, 15) is 13.2 Å². The minimum Gasteiger partial charge on any atom is -0.335 e. The number of sulfonamides is 1. The summed E-state index contributed by atoms with van der Waals surface area (Å²) in [5, 5.41) is 3.69. The van der Waals surface area contributed by atoms with Gasteiger partial charge in [0.25, 0.3) is 5.91 Å². The molecule has 28 heavy (non-hydrogen) atoms. The molecule has 2 aliphatic rings. The number of amides is 1. The summed E-state index contributed by atoms with van der Waals surface area (Å²) >= 11 is 6.08. The van der Waals surface area contributed by atoms with Crippen LogP contribution in [0.3, 0.4) is 0 Å². The van der Waals surface area contributed by atoms with Gasteiger partial charge in [0.2, 0.25) is 10.0 Å². The molecule has 1 aromatic carbocycles. The summed E-state index contributed by atoms with van der Waals surface area (Å²) < 4.78 is 27.1. The van der Waals surface area contributed by atoms with Crippen molar-refractivity contribution in [2.45, 2.75) is 44.6 Å². The molecule has 0 bridgehead atoms. The number of piperazine rings is 1. The predicted octanol–water partition coefficient (Wildman–Crippen LogP) is 2.74. The molecular formula is C20H30ClN3O3S. The van der Waals surface area contributed by atoms with Gasteiger partial charge in [-0.15, -0.1) is 0 Å². The third kappa shape index (κ3) is 5.69. The quantitative estimate of drug-likeness (QED) is 0.708. The number of carbonyl (C=O) groups excluding carboxylic acids is 1. The van der Waals surface area contributed by atoms with E-state index in [0.717, 1.165) is 25.7 Å². The van der Waals surface area contributed by atoms with Crippen LogP contribution in [-0.2, 0) is 10.0 Å². The van der Waals surface area contributed by atoms with Crippen LogP contribution in [0.25, 0.3) is 0 Å². The van der Waals surface area contributed by atoms with Crippen LogP contribution in [0.5, 0.6) is 0 Å². The number of benzene rings is 1. The van der Waals surface area contributed by atoms with Crippen LogP contribution in [0.1, 0.15) is 48.9 Å². The van der Waals surface area contributed by atoms with Crippen molar-refractivity contribution in [1.29, 1.82) is 0 Å². The summed E-state index contributed by atoms with van der Waals surface area (Å²) in [6.45, 7) is 2.56. The van der Waals surface area contributed by atoms with Gasteiger partial charge in [-0.3, -0.25) is 4.79 Å². The highest BCUT2D eigenvalue weighted by atomic mass is 35.5. The normalized spacial score (nSPS) is 19.9. The van der Waals surface area contributed by atoms with Crippen LogP contribution in [0.4, 0.5) is 0 Å². The van der Waals surface area contributed by atoms with E-state index in [0.29, 0.717) is 36.8 Å². The molecule has 1 saturated heterocycles. The Morgan fingerprint density at radius 1 is 1.14 bits per heavy atom. The first-order chi connectivity index (χ1) is 13.5. The van der Waals surface area contributed by atoms with Crippen LogP contribution in [0.15, 0.2) is 24.3 Å². The number of nitrogens with one attached hydrogen (secondary N) is 1. The van der Waals surface area contributed by atoms with E-state index < -0.39 is 10.0 Å². The van der Waals surface area contributed by atoms with Gasteiger partial charge in [-0.1, -0.05) is 43.4 Å². The lowest BCUT2D eigenvalue weighted by Crippen LogP contribution is -2.49. The fourth-order valence-corrected chi connectivity index (χ4v) is 5.69. The zero-order chi connectivity index (χ0) is 20.0. The Hall–Kier alpha value is -1.15. The molecule has 1 aliphatic heterocycles. The molecule has 1 aliphatic carbocycles. The zero-order valence-electron chi connectivity index (χ0n) is 16.3. The van der Waals surface area contributed by atoms with E-state index in [1.807, 2.05) is 0 Å². The fraction of sp³-hybridized carbons (Fsp3) is 0.650. The fourth-order valence-electron chi connectivity index (χ4n) is 4.07. The highest BCUT2D eigenvalue weighted by Crippen LogP contribution is 2.24. The number of hydrogen-bond acceptors (Lipinski definition) is 4. The first-order valence-corrected chi connectivity index (χ1v) is 12.2. The lowest BCUT2D eigenvalue weighted by atomic mass is 10.1. The standard InChI is InChI=1S/C20H30ClN3O3S/c21-18-7-5-6-17(16-18)20(25)24(19-8-3-1-2-4-9-19)14-15-28(26,27)23-12-10-22-11-13-23/h5-7,16,19,22H,1-4,8-15H2. The second-order valence-electron chi connectivity index (χ2n) is 7.62. The van der Waals surface area contributed by atoms with Crippen LogP contribution < -0.4 is 5.32 Å². The molecule has 1 amide bonds. The van der Waals surface area contributed by atoms with Crippen molar-refractivity contribution in [2.75, 3.05) is 38.5 Å². The molecule has 0 atom stereocenters. The van der Waals surface area contributed by atoms with Gasteiger partial charge >= 0.3 is 0 Å². The number of hydrogen-bond donors (Lipinski definition) is 1. The van der Waals surface area contributed by atoms with Crippen LogP contribution in [0.2, 0.25) is 5.02 Å². The van der Waals surface area contributed by atoms with E-state index in [1.54, 1.807) is 33.5 Å². The number of carbonyl (C=O) groups is 1. The Balaban J connectivity index is 1.76. The Morgan fingerprint density at radius 3 is 2.46 bits per heavy atom. The summed E-state index contributed by atoms with van der Waals surface area (Å²) in [5.41, 5.74) is 0.524. The van der Waals surface area contributed by atoms with Gasteiger partial charge in [0.1, 0.15) is 0 Å². The molecule has 0 unspecified atom stereocenters. The molecule has 1 aromatic rings. The molecule has 8 heteroatoms. The summed E-state index contributed by atoms with van der Waals surface area (Å²) in [6, 6.07) is 7.01. The number of nitrogens with zero attached hydrogens (tertiary/aromatic N) is 2. The Bertz CT molecular complexity index is 758. The van der Waals surface area contributed by atoms with Gasteiger partial charge in [0, 0.05) is 49.4 Å². The van der Waals surface area contributed by atoms with Gasteiger partial charge in [-0.05, 0) is 31.0 Å². The first kappa shape index (κ1) is 21.6. The average Bonchev–Trinajstić information content (AvgIpc) is 2.98. The molecular weight excluding hydrogens is 398 g/mol. The molecule has 0 aromatic heterocycles. The Labute approximate surface area is 173 Å². The van der Waals surface area contributed by atoms with Gasteiger partial charge in [0.05, 0.1) is 5.75 Å². The van der Waals surface area contributed by atoms with Crippen molar-refractivity contribution in [3.8, 4) is 0 Å². The SMILES string of the molecule is O=C(c1cccc(Cl)c1)N(CCS(=O)(=O)N1CCNCC1)C1CCCCCC1. The third-order valence-corrected chi connectivity index (χ3v) is 7.74. The Kier molecular flexibility index (Phi) is 7.74. The van der Waals surface area contributed by atoms with Crippen LogP contribution in [-0.4, -0.2) is 68.0 Å². The van der Waals surface area contributed by atoms with Crippen molar-refractivity contribution in [2.24, 2.45) is 0 Å². The molecule has 1 saturated carbocycles. The summed E-state index contributed by atoms with van der Waals surface area (Å²) in [4.78, 5) is 15.0. The molecule has 1 N–H and O–H groups in total. The monoisotopic (exact) mass is 427 g/mol. The van der Waals surface area contributed by atoms with Gasteiger partial charge in [-0.2, -0.15) is 4.31 Å². The zero-order valence-corrected chi connectivity index (χ0v) is 17.8. The van der Waals surface area contributed by atoms with Crippen molar-refractivity contribution < 1.29 is 13.2 Å². The maximum atomic E-state index is 13.3. The topological polar surface area (TPSA) is 69.7 Å². The maximum absolute atomic E-state index is 13.3. The molecule has 2 fully saturated rings. The van der Waals surface area contributed by atoms with E-state index in [2.05, 4.69) is 5.32 Å². The summed E-state index contributed by atoms with van der Waals surface area (Å²) in [6.07, 6.45) is 6.37. The second kappa shape index (κ2) is 10.1. The lowest BCUT2D eigenvalue weighted by molar-refractivity contribution is 0.0674. The molecule has 6 nitrogen and oxygen atoms in total. The average molecular weight is 428 g/mol. The smallest absolute Gasteiger partial charge is 0.254 e.